The monoisotopic (exact) mass is 311 g/mol. The number of carboxylic acid groups (broad SMARTS) is 1. The Morgan fingerprint density at radius 2 is 1.95 bits per heavy atom. The van der Waals surface area contributed by atoms with Crippen molar-refractivity contribution < 1.29 is 14.7 Å². The zero-order valence-corrected chi connectivity index (χ0v) is 13.3. The molecule has 2 amide bonds. The molecule has 1 unspecified atom stereocenters. The summed E-state index contributed by atoms with van der Waals surface area (Å²) in [5.74, 6) is -0.951. The van der Waals surface area contributed by atoms with Crippen LogP contribution in [-0.4, -0.2) is 27.6 Å². The number of thiazole rings is 1. The molecule has 1 atom stereocenters. The number of carbonyl (C=O) groups is 2. The maximum atomic E-state index is 12.1. The summed E-state index contributed by atoms with van der Waals surface area (Å²) in [6.45, 7) is 5.71. The van der Waals surface area contributed by atoms with Crippen LogP contribution in [0.4, 0.5) is 4.79 Å². The number of rotatable bonds is 4. The van der Waals surface area contributed by atoms with Gasteiger partial charge < -0.3 is 15.7 Å². The fourth-order valence-electron chi connectivity index (χ4n) is 2.84. The summed E-state index contributed by atoms with van der Waals surface area (Å²) in [5.41, 5.74) is -0.207. The standard InChI is InChI=1S/C14H21N3O3S/c1-8-11(21-10(3)15-8)9(2)16-13(20)17-14(12(18)19)6-4-5-7-14/h9H,4-7H2,1-3H3,(H,18,19)(H2,16,17,20). The summed E-state index contributed by atoms with van der Waals surface area (Å²) in [4.78, 5) is 28.9. The van der Waals surface area contributed by atoms with Crippen LogP contribution in [0.3, 0.4) is 0 Å². The second-order valence-electron chi connectivity index (χ2n) is 5.60. The molecule has 0 spiro atoms. The molecular formula is C14H21N3O3S. The van der Waals surface area contributed by atoms with Crippen LogP contribution in [-0.2, 0) is 4.79 Å². The number of amides is 2. The molecule has 2 rings (SSSR count). The van der Waals surface area contributed by atoms with Gasteiger partial charge in [-0.3, -0.25) is 0 Å². The Kier molecular flexibility index (Phi) is 4.51. The van der Waals surface area contributed by atoms with E-state index in [9.17, 15) is 14.7 Å². The molecule has 0 bridgehead atoms. The van der Waals surface area contributed by atoms with Crippen LogP contribution in [0.2, 0.25) is 0 Å². The van der Waals surface area contributed by atoms with Crippen LogP contribution in [0.5, 0.6) is 0 Å². The molecule has 0 aliphatic heterocycles. The van der Waals surface area contributed by atoms with Crippen molar-refractivity contribution in [1.82, 2.24) is 15.6 Å². The molecule has 3 N–H and O–H groups in total. The molecule has 1 aromatic heterocycles. The molecule has 1 aliphatic rings. The molecule has 0 aromatic carbocycles. The highest BCUT2D eigenvalue weighted by molar-refractivity contribution is 7.11. The third kappa shape index (κ3) is 3.34. The van der Waals surface area contributed by atoms with Gasteiger partial charge in [-0.15, -0.1) is 11.3 Å². The number of aryl methyl sites for hydroxylation is 2. The number of aromatic nitrogens is 1. The summed E-state index contributed by atoms with van der Waals surface area (Å²) < 4.78 is 0. The Morgan fingerprint density at radius 1 is 1.33 bits per heavy atom. The lowest BCUT2D eigenvalue weighted by atomic mass is 9.98. The first-order valence-corrected chi connectivity index (χ1v) is 7.92. The minimum absolute atomic E-state index is 0.191. The molecule has 116 valence electrons. The molecule has 7 heteroatoms. The van der Waals surface area contributed by atoms with E-state index in [1.54, 1.807) is 11.3 Å². The molecule has 1 heterocycles. The number of carbonyl (C=O) groups excluding carboxylic acids is 1. The van der Waals surface area contributed by atoms with Gasteiger partial charge in [-0.05, 0) is 33.6 Å². The molecular weight excluding hydrogens is 290 g/mol. The van der Waals surface area contributed by atoms with E-state index in [2.05, 4.69) is 15.6 Å². The molecule has 1 saturated carbocycles. The predicted octanol–water partition coefficient (Wildman–Crippen LogP) is 2.52. The van der Waals surface area contributed by atoms with Crippen LogP contribution < -0.4 is 10.6 Å². The van der Waals surface area contributed by atoms with Crippen molar-refractivity contribution in [2.24, 2.45) is 0 Å². The summed E-state index contributed by atoms with van der Waals surface area (Å²) in [5, 5.41) is 15.8. The zero-order valence-electron chi connectivity index (χ0n) is 12.5. The Morgan fingerprint density at radius 3 is 2.43 bits per heavy atom. The minimum Gasteiger partial charge on any atom is -0.480 e. The maximum Gasteiger partial charge on any atom is 0.329 e. The van der Waals surface area contributed by atoms with Gasteiger partial charge in [0, 0.05) is 4.88 Å². The minimum atomic E-state index is -1.11. The van der Waals surface area contributed by atoms with Gasteiger partial charge in [0.25, 0.3) is 0 Å². The molecule has 1 aromatic rings. The maximum absolute atomic E-state index is 12.1. The lowest BCUT2D eigenvalue weighted by Crippen LogP contribution is -2.55. The van der Waals surface area contributed by atoms with E-state index in [4.69, 9.17) is 0 Å². The summed E-state index contributed by atoms with van der Waals surface area (Å²) in [6.07, 6.45) is 2.64. The number of aliphatic carboxylic acids is 1. The van der Waals surface area contributed by atoms with Crippen molar-refractivity contribution in [3.8, 4) is 0 Å². The summed E-state index contributed by atoms with van der Waals surface area (Å²) >= 11 is 1.54. The number of carboxylic acids is 1. The van der Waals surface area contributed by atoms with Crippen molar-refractivity contribution in [2.75, 3.05) is 0 Å². The molecule has 6 nitrogen and oxygen atoms in total. The van der Waals surface area contributed by atoms with E-state index in [0.29, 0.717) is 12.8 Å². The molecule has 0 radical (unpaired) electrons. The van der Waals surface area contributed by atoms with Crippen molar-refractivity contribution in [2.45, 2.75) is 58.0 Å². The van der Waals surface area contributed by atoms with Crippen LogP contribution in [0.25, 0.3) is 0 Å². The van der Waals surface area contributed by atoms with Crippen molar-refractivity contribution in [3.05, 3.63) is 15.6 Å². The fourth-order valence-corrected chi connectivity index (χ4v) is 3.77. The van der Waals surface area contributed by atoms with Gasteiger partial charge in [-0.2, -0.15) is 0 Å². The Bertz CT molecular complexity index is 550. The molecule has 21 heavy (non-hydrogen) atoms. The van der Waals surface area contributed by atoms with Crippen LogP contribution >= 0.6 is 11.3 Å². The Labute approximate surface area is 128 Å². The molecule has 0 saturated heterocycles. The Balaban J connectivity index is 2.01. The average molecular weight is 311 g/mol. The highest BCUT2D eigenvalue weighted by atomic mass is 32.1. The predicted molar refractivity (Wildman–Crippen MR) is 80.5 cm³/mol. The highest BCUT2D eigenvalue weighted by Gasteiger charge is 2.42. The van der Waals surface area contributed by atoms with Gasteiger partial charge in [0.1, 0.15) is 5.54 Å². The fraction of sp³-hybridized carbons (Fsp3) is 0.643. The molecule has 1 aliphatic carbocycles. The van der Waals surface area contributed by atoms with Gasteiger partial charge in [-0.1, -0.05) is 12.8 Å². The number of urea groups is 1. The first-order valence-electron chi connectivity index (χ1n) is 7.10. The normalized spacial score (nSPS) is 18.2. The van der Waals surface area contributed by atoms with Crippen molar-refractivity contribution in [1.29, 1.82) is 0 Å². The Hall–Kier alpha value is -1.63. The van der Waals surface area contributed by atoms with E-state index in [1.165, 1.54) is 0 Å². The van der Waals surface area contributed by atoms with E-state index in [1.807, 2.05) is 20.8 Å². The van der Waals surface area contributed by atoms with Crippen LogP contribution in [0, 0.1) is 13.8 Å². The first-order chi connectivity index (χ1) is 9.84. The highest BCUT2D eigenvalue weighted by Crippen LogP contribution is 2.30. The van der Waals surface area contributed by atoms with E-state index < -0.39 is 17.5 Å². The second kappa shape index (κ2) is 6.01. The first kappa shape index (κ1) is 15.8. The summed E-state index contributed by atoms with van der Waals surface area (Å²) in [6, 6.07) is -0.624. The largest absolute Gasteiger partial charge is 0.480 e. The lowest BCUT2D eigenvalue weighted by molar-refractivity contribution is -0.144. The van der Waals surface area contributed by atoms with Gasteiger partial charge in [-0.25, -0.2) is 14.6 Å². The number of nitrogens with one attached hydrogen (secondary N) is 2. The van der Waals surface area contributed by atoms with Crippen molar-refractivity contribution >= 4 is 23.3 Å². The van der Waals surface area contributed by atoms with Crippen LogP contribution in [0.1, 0.15) is 54.2 Å². The average Bonchev–Trinajstić information content (AvgIpc) is 2.96. The third-order valence-corrected chi connectivity index (χ3v) is 5.16. The van der Waals surface area contributed by atoms with Crippen molar-refractivity contribution in [3.63, 3.8) is 0 Å². The third-order valence-electron chi connectivity index (χ3n) is 3.90. The van der Waals surface area contributed by atoms with E-state index >= 15 is 0 Å². The SMILES string of the molecule is Cc1nc(C)c(C(C)NC(=O)NC2(C(=O)O)CCCC2)s1. The number of hydrogen-bond acceptors (Lipinski definition) is 4. The van der Waals surface area contributed by atoms with Gasteiger partial charge >= 0.3 is 12.0 Å². The molecule has 1 fully saturated rings. The smallest absolute Gasteiger partial charge is 0.329 e. The van der Waals surface area contributed by atoms with Gasteiger partial charge in [0.05, 0.1) is 16.7 Å². The number of nitrogens with zero attached hydrogens (tertiary/aromatic N) is 1. The van der Waals surface area contributed by atoms with Gasteiger partial charge in [0.2, 0.25) is 0 Å². The second-order valence-corrected chi connectivity index (χ2v) is 6.83. The van der Waals surface area contributed by atoms with E-state index in [-0.39, 0.29) is 6.04 Å². The van der Waals surface area contributed by atoms with Gasteiger partial charge in [0.15, 0.2) is 0 Å². The van der Waals surface area contributed by atoms with Crippen LogP contribution in [0.15, 0.2) is 0 Å². The van der Waals surface area contributed by atoms with E-state index in [0.717, 1.165) is 28.4 Å². The quantitative estimate of drug-likeness (QED) is 0.797. The zero-order chi connectivity index (χ0) is 15.6. The summed E-state index contributed by atoms with van der Waals surface area (Å²) in [7, 11) is 0. The number of hydrogen-bond donors (Lipinski definition) is 3. The lowest BCUT2D eigenvalue weighted by Gasteiger charge is -2.26. The topological polar surface area (TPSA) is 91.3 Å².